The number of piperidine rings is 1. The van der Waals surface area contributed by atoms with Crippen LogP contribution < -0.4 is 14.7 Å². The number of hydrogen-bond donors (Lipinski definition) is 1. The first kappa shape index (κ1) is 28.9. The van der Waals surface area contributed by atoms with Gasteiger partial charge >= 0.3 is 6.18 Å². The van der Waals surface area contributed by atoms with Gasteiger partial charge < -0.3 is 19.8 Å². The van der Waals surface area contributed by atoms with Crippen molar-refractivity contribution in [2.24, 2.45) is 0 Å². The van der Waals surface area contributed by atoms with Gasteiger partial charge in [0.2, 0.25) is 0 Å². The molecule has 0 radical (unpaired) electrons. The Bertz CT molecular complexity index is 1270. The van der Waals surface area contributed by atoms with Crippen LogP contribution in [0.1, 0.15) is 56.8 Å². The monoisotopic (exact) mass is 543 g/mol. The van der Waals surface area contributed by atoms with E-state index in [1.165, 1.54) is 11.3 Å². The van der Waals surface area contributed by atoms with E-state index in [1.54, 1.807) is 19.9 Å². The summed E-state index contributed by atoms with van der Waals surface area (Å²) in [6.07, 6.45) is -2.97. The molecule has 4 rings (SSSR count). The number of aliphatic hydroxyl groups is 1. The van der Waals surface area contributed by atoms with Gasteiger partial charge in [-0.1, -0.05) is 32.0 Å². The van der Waals surface area contributed by atoms with Crippen molar-refractivity contribution in [1.29, 1.82) is 0 Å². The van der Waals surface area contributed by atoms with Crippen LogP contribution in [0.2, 0.25) is 0 Å². The molecular weight excluding hydrogens is 503 g/mol. The Labute approximate surface area is 229 Å². The van der Waals surface area contributed by atoms with E-state index < -0.39 is 11.6 Å². The van der Waals surface area contributed by atoms with Crippen LogP contribution in [-0.2, 0) is 5.41 Å². The summed E-state index contributed by atoms with van der Waals surface area (Å²) in [7, 11) is 5.97. The fraction of sp³-hybridized carbons (Fsp3) is 0.533. The number of para-hydroxylation sites is 1. The minimum Gasteiger partial charge on any atom is -0.395 e. The Morgan fingerprint density at radius 3 is 2.23 bits per heavy atom. The Balaban J connectivity index is 1.78. The molecule has 0 aliphatic carbocycles. The molecule has 0 atom stereocenters. The summed E-state index contributed by atoms with van der Waals surface area (Å²) in [6, 6.07) is 14.0. The first-order chi connectivity index (χ1) is 18.6. The molecule has 2 heterocycles. The Morgan fingerprint density at radius 2 is 1.64 bits per heavy atom. The maximum atomic E-state index is 14.5. The normalized spacial score (nSPS) is 15.2. The number of halogens is 3. The lowest BCUT2D eigenvalue weighted by atomic mass is 9.80. The van der Waals surface area contributed by atoms with Crippen molar-refractivity contribution in [3.8, 4) is 0 Å². The van der Waals surface area contributed by atoms with E-state index in [1.807, 2.05) is 44.2 Å². The average molecular weight is 544 g/mol. The predicted octanol–water partition coefficient (Wildman–Crippen LogP) is 6.13. The number of anilines is 3. The van der Waals surface area contributed by atoms with Crippen molar-refractivity contribution in [2.45, 2.75) is 57.0 Å². The van der Waals surface area contributed by atoms with Gasteiger partial charge in [0.1, 0.15) is 17.1 Å². The topological polar surface area (TPSA) is 55.7 Å². The molecule has 0 saturated carbocycles. The van der Waals surface area contributed by atoms with Crippen LogP contribution in [-0.4, -0.2) is 68.6 Å². The van der Waals surface area contributed by atoms with Crippen molar-refractivity contribution >= 4 is 28.1 Å². The molecule has 1 saturated heterocycles. The van der Waals surface area contributed by atoms with Crippen LogP contribution in [0.15, 0.2) is 42.5 Å². The summed E-state index contributed by atoms with van der Waals surface area (Å²) in [5.74, 6) is 0.766. The molecule has 212 valence electrons. The van der Waals surface area contributed by atoms with E-state index in [-0.39, 0.29) is 25.3 Å². The van der Waals surface area contributed by atoms with Crippen LogP contribution in [0.4, 0.5) is 30.4 Å². The molecular formula is C30H40F3N5O. The summed E-state index contributed by atoms with van der Waals surface area (Å²) < 4.78 is 43.5. The highest BCUT2D eigenvalue weighted by molar-refractivity contribution is 5.92. The van der Waals surface area contributed by atoms with Gasteiger partial charge in [0.25, 0.3) is 0 Å². The number of benzene rings is 2. The molecule has 9 heteroatoms. The smallest absolute Gasteiger partial charge is 0.395 e. The summed E-state index contributed by atoms with van der Waals surface area (Å²) >= 11 is 0. The lowest BCUT2D eigenvalue weighted by molar-refractivity contribution is -0.195. The van der Waals surface area contributed by atoms with E-state index >= 15 is 0 Å². The number of likely N-dealkylation sites (N-methyl/N-ethyl adjacent to an activating group) is 1. The van der Waals surface area contributed by atoms with Crippen molar-refractivity contribution in [2.75, 3.05) is 62.1 Å². The fourth-order valence-corrected chi connectivity index (χ4v) is 5.81. The second kappa shape index (κ2) is 11.6. The zero-order valence-electron chi connectivity index (χ0n) is 23.6. The third-order valence-electron chi connectivity index (χ3n) is 8.37. The molecule has 0 unspecified atom stereocenters. The molecule has 0 spiro atoms. The van der Waals surface area contributed by atoms with Crippen LogP contribution in [0, 0.1) is 0 Å². The van der Waals surface area contributed by atoms with Crippen LogP contribution in [0.3, 0.4) is 0 Å². The molecule has 1 fully saturated rings. The maximum Gasteiger partial charge on any atom is 0.401 e. The van der Waals surface area contributed by atoms with Gasteiger partial charge in [0.15, 0.2) is 0 Å². The van der Waals surface area contributed by atoms with E-state index in [4.69, 9.17) is 4.98 Å². The van der Waals surface area contributed by atoms with Crippen LogP contribution >= 0.6 is 0 Å². The predicted molar refractivity (Wildman–Crippen MR) is 153 cm³/mol. The number of fused-ring (bicyclic) bond motifs is 1. The Hall–Kier alpha value is -3.07. The molecule has 1 aliphatic rings. The third-order valence-corrected chi connectivity index (χ3v) is 8.37. The molecule has 1 aliphatic heterocycles. The largest absolute Gasteiger partial charge is 0.401 e. The van der Waals surface area contributed by atoms with Gasteiger partial charge in [0, 0.05) is 57.5 Å². The number of aromatic nitrogens is 2. The van der Waals surface area contributed by atoms with Crippen molar-refractivity contribution < 1.29 is 18.3 Å². The zero-order valence-corrected chi connectivity index (χ0v) is 23.6. The minimum absolute atomic E-state index is 0.000128. The lowest BCUT2D eigenvalue weighted by Crippen LogP contribution is -2.43. The minimum atomic E-state index is -4.47. The number of aliphatic hydroxyl groups excluding tert-OH is 1. The number of alkyl halides is 3. The average Bonchev–Trinajstić information content (AvgIpc) is 2.92. The number of rotatable bonds is 9. The standard InChI is InChI=1S/C30H40F3N5O/c1-6-29(7-2,30(31,32)33)28-34-25-13-12-22(37(5)18-19-39)20-24(25)27(35-28)38-16-14-21(15-17-38)23-10-8-9-11-26(23)36(3)4/h8-13,20-21,39H,6-7,14-19H2,1-5H3. The third kappa shape index (κ3) is 5.51. The Kier molecular flexibility index (Phi) is 8.59. The number of nitrogens with zero attached hydrogens (tertiary/aromatic N) is 5. The molecule has 39 heavy (non-hydrogen) atoms. The molecule has 1 N–H and O–H groups in total. The van der Waals surface area contributed by atoms with Gasteiger partial charge in [-0.15, -0.1) is 0 Å². The fourth-order valence-electron chi connectivity index (χ4n) is 5.81. The highest BCUT2D eigenvalue weighted by atomic mass is 19.4. The van der Waals surface area contributed by atoms with Crippen molar-refractivity contribution in [1.82, 2.24) is 9.97 Å². The molecule has 6 nitrogen and oxygen atoms in total. The maximum absolute atomic E-state index is 14.5. The Morgan fingerprint density at radius 1 is 0.974 bits per heavy atom. The molecule has 0 bridgehead atoms. The highest BCUT2D eigenvalue weighted by Gasteiger charge is 2.55. The molecule has 1 aromatic heterocycles. The van der Waals surface area contributed by atoms with Gasteiger partial charge in [-0.25, -0.2) is 9.97 Å². The second-order valence-corrected chi connectivity index (χ2v) is 10.7. The summed E-state index contributed by atoms with van der Waals surface area (Å²) in [5, 5.41) is 10.1. The number of hydrogen-bond acceptors (Lipinski definition) is 6. The van der Waals surface area contributed by atoms with Gasteiger partial charge in [-0.05, 0) is 61.4 Å². The van der Waals surface area contributed by atoms with Gasteiger partial charge in [-0.2, -0.15) is 13.2 Å². The molecule has 3 aromatic rings. The quantitative estimate of drug-likeness (QED) is 0.351. The van der Waals surface area contributed by atoms with Crippen LogP contribution in [0.25, 0.3) is 10.9 Å². The zero-order chi connectivity index (χ0) is 28.4. The molecule has 0 amide bonds. The molecule has 2 aromatic carbocycles. The van der Waals surface area contributed by atoms with Crippen LogP contribution in [0.5, 0.6) is 0 Å². The lowest BCUT2D eigenvalue weighted by Gasteiger charge is -2.37. The van der Waals surface area contributed by atoms with E-state index in [2.05, 4.69) is 33.0 Å². The van der Waals surface area contributed by atoms with E-state index in [0.717, 1.165) is 23.9 Å². The summed E-state index contributed by atoms with van der Waals surface area (Å²) in [4.78, 5) is 15.4. The summed E-state index contributed by atoms with van der Waals surface area (Å²) in [6.45, 7) is 4.94. The van der Waals surface area contributed by atoms with E-state index in [9.17, 15) is 18.3 Å². The van der Waals surface area contributed by atoms with Gasteiger partial charge in [-0.3, -0.25) is 0 Å². The SMILES string of the molecule is CCC(CC)(c1nc(N2CCC(c3ccccc3N(C)C)CC2)c2cc(N(C)CCO)ccc2n1)C(F)(F)F. The first-order valence-corrected chi connectivity index (χ1v) is 13.8. The van der Waals surface area contributed by atoms with Gasteiger partial charge in [0.05, 0.1) is 12.1 Å². The van der Waals surface area contributed by atoms with Crippen molar-refractivity contribution in [3.05, 3.63) is 53.9 Å². The van der Waals surface area contributed by atoms with E-state index in [0.29, 0.717) is 36.9 Å². The van der Waals surface area contributed by atoms with Crippen molar-refractivity contribution in [3.63, 3.8) is 0 Å². The first-order valence-electron chi connectivity index (χ1n) is 13.8. The second-order valence-electron chi connectivity index (χ2n) is 10.7. The highest BCUT2D eigenvalue weighted by Crippen LogP contribution is 2.46. The summed E-state index contributed by atoms with van der Waals surface area (Å²) in [5.41, 5.74) is 1.76.